The Kier molecular flexibility index (Phi) is 4.47. The molecular formula is C14H18FN3. The number of nitrogens with zero attached hydrogens (tertiary/aromatic N) is 2. The fraction of sp³-hybridized carbons (Fsp3) is 0.357. The maximum absolute atomic E-state index is 12.8. The summed E-state index contributed by atoms with van der Waals surface area (Å²) < 4.78 is 14.8. The Morgan fingerprint density at radius 2 is 2.06 bits per heavy atom. The van der Waals surface area contributed by atoms with Gasteiger partial charge in [0.2, 0.25) is 0 Å². The van der Waals surface area contributed by atoms with Gasteiger partial charge in [0.1, 0.15) is 5.82 Å². The summed E-state index contributed by atoms with van der Waals surface area (Å²) in [5, 5.41) is 3.27. The van der Waals surface area contributed by atoms with Gasteiger partial charge in [-0.2, -0.15) is 0 Å². The Bertz CT molecular complexity index is 476. The highest BCUT2D eigenvalue weighted by molar-refractivity contribution is 5.16. The van der Waals surface area contributed by atoms with E-state index in [1.807, 2.05) is 17.1 Å². The van der Waals surface area contributed by atoms with Gasteiger partial charge in [0.15, 0.2) is 0 Å². The van der Waals surface area contributed by atoms with Crippen molar-refractivity contribution < 1.29 is 4.39 Å². The van der Waals surface area contributed by atoms with Crippen molar-refractivity contribution in [1.29, 1.82) is 0 Å². The van der Waals surface area contributed by atoms with Crippen LogP contribution in [0.2, 0.25) is 0 Å². The van der Waals surface area contributed by atoms with Gasteiger partial charge in [-0.05, 0) is 24.2 Å². The van der Waals surface area contributed by atoms with Gasteiger partial charge in [-0.25, -0.2) is 9.37 Å². The van der Waals surface area contributed by atoms with Gasteiger partial charge in [0.25, 0.3) is 0 Å². The van der Waals surface area contributed by atoms with Crippen LogP contribution in [0.25, 0.3) is 0 Å². The maximum Gasteiger partial charge on any atom is 0.123 e. The standard InChI is InChI=1S/C14H18FN3/c1-2-16-8-7-14-10-18(11-17-14)9-12-3-5-13(15)6-4-12/h3-6,10-11,16H,2,7-9H2,1H3. The van der Waals surface area contributed by atoms with E-state index < -0.39 is 0 Å². The maximum atomic E-state index is 12.8. The van der Waals surface area contributed by atoms with Gasteiger partial charge >= 0.3 is 0 Å². The van der Waals surface area contributed by atoms with Crippen LogP contribution >= 0.6 is 0 Å². The second-order valence-corrected chi connectivity index (χ2v) is 4.27. The first-order chi connectivity index (χ1) is 8.78. The van der Waals surface area contributed by atoms with Gasteiger partial charge in [-0.15, -0.1) is 0 Å². The van der Waals surface area contributed by atoms with Crippen molar-refractivity contribution in [3.05, 3.63) is 53.9 Å². The third-order valence-corrected chi connectivity index (χ3v) is 2.77. The molecule has 0 bridgehead atoms. The van der Waals surface area contributed by atoms with E-state index in [4.69, 9.17) is 0 Å². The Morgan fingerprint density at radius 1 is 1.28 bits per heavy atom. The molecule has 0 saturated carbocycles. The number of hydrogen-bond donors (Lipinski definition) is 1. The van der Waals surface area contributed by atoms with Crippen molar-refractivity contribution in [3.63, 3.8) is 0 Å². The van der Waals surface area contributed by atoms with Gasteiger partial charge < -0.3 is 9.88 Å². The highest BCUT2D eigenvalue weighted by Gasteiger charge is 2.00. The van der Waals surface area contributed by atoms with Crippen LogP contribution in [0.4, 0.5) is 4.39 Å². The zero-order chi connectivity index (χ0) is 12.8. The highest BCUT2D eigenvalue weighted by atomic mass is 19.1. The van der Waals surface area contributed by atoms with Crippen molar-refractivity contribution in [2.75, 3.05) is 13.1 Å². The SMILES string of the molecule is CCNCCc1cn(Cc2ccc(F)cc2)cn1. The molecule has 0 aliphatic rings. The third kappa shape index (κ3) is 3.67. The summed E-state index contributed by atoms with van der Waals surface area (Å²) in [4.78, 5) is 4.35. The Morgan fingerprint density at radius 3 is 2.78 bits per heavy atom. The lowest BCUT2D eigenvalue weighted by Crippen LogP contribution is -2.16. The summed E-state index contributed by atoms with van der Waals surface area (Å²) in [6, 6.07) is 6.57. The van der Waals surface area contributed by atoms with Gasteiger partial charge in [0.05, 0.1) is 12.0 Å². The lowest BCUT2D eigenvalue weighted by Gasteiger charge is -2.02. The third-order valence-electron chi connectivity index (χ3n) is 2.77. The summed E-state index contributed by atoms with van der Waals surface area (Å²) in [5.41, 5.74) is 2.16. The summed E-state index contributed by atoms with van der Waals surface area (Å²) in [6.45, 7) is 4.75. The van der Waals surface area contributed by atoms with Crippen molar-refractivity contribution in [2.24, 2.45) is 0 Å². The smallest absolute Gasteiger partial charge is 0.123 e. The largest absolute Gasteiger partial charge is 0.333 e. The van der Waals surface area contributed by atoms with Crippen LogP contribution in [0.3, 0.4) is 0 Å². The van der Waals surface area contributed by atoms with Gasteiger partial charge in [0, 0.05) is 25.7 Å². The number of hydrogen-bond acceptors (Lipinski definition) is 2. The van der Waals surface area contributed by atoms with Crippen LogP contribution in [0, 0.1) is 5.82 Å². The zero-order valence-corrected chi connectivity index (χ0v) is 10.6. The van der Waals surface area contributed by atoms with E-state index in [1.54, 1.807) is 12.1 Å². The van der Waals surface area contributed by atoms with E-state index in [0.29, 0.717) is 0 Å². The van der Waals surface area contributed by atoms with Crippen molar-refractivity contribution >= 4 is 0 Å². The number of halogens is 1. The van der Waals surface area contributed by atoms with E-state index in [0.717, 1.165) is 37.3 Å². The normalized spacial score (nSPS) is 10.8. The molecule has 0 saturated heterocycles. The lowest BCUT2D eigenvalue weighted by atomic mass is 10.2. The molecule has 1 N–H and O–H groups in total. The summed E-state index contributed by atoms with van der Waals surface area (Å²) in [6.07, 6.45) is 4.80. The number of benzene rings is 1. The quantitative estimate of drug-likeness (QED) is 0.793. The minimum atomic E-state index is -0.198. The van der Waals surface area contributed by atoms with E-state index >= 15 is 0 Å². The minimum absolute atomic E-state index is 0.198. The van der Waals surface area contributed by atoms with Crippen LogP contribution in [-0.4, -0.2) is 22.6 Å². The summed E-state index contributed by atoms with van der Waals surface area (Å²) in [5.74, 6) is -0.198. The Hall–Kier alpha value is -1.68. The van der Waals surface area contributed by atoms with Crippen molar-refractivity contribution in [2.45, 2.75) is 19.9 Å². The Labute approximate surface area is 107 Å². The molecule has 0 atom stereocenters. The molecule has 18 heavy (non-hydrogen) atoms. The fourth-order valence-electron chi connectivity index (χ4n) is 1.82. The van der Waals surface area contributed by atoms with E-state index in [-0.39, 0.29) is 5.82 Å². The second-order valence-electron chi connectivity index (χ2n) is 4.27. The molecule has 96 valence electrons. The molecule has 0 spiro atoms. The number of rotatable bonds is 6. The summed E-state index contributed by atoms with van der Waals surface area (Å²) >= 11 is 0. The van der Waals surface area contributed by atoms with Crippen LogP contribution < -0.4 is 5.32 Å². The van der Waals surface area contributed by atoms with Crippen LogP contribution in [0.1, 0.15) is 18.2 Å². The molecule has 1 aromatic carbocycles. The predicted octanol–water partition coefficient (Wildman–Crippen LogP) is 2.22. The van der Waals surface area contributed by atoms with Crippen molar-refractivity contribution in [3.8, 4) is 0 Å². The molecule has 0 aliphatic carbocycles. The zero-order valence-electron chi connectivity index (χ0n) is 10.6. The summed E-state index contributed by atoms with van der Waals surface area (Å²) in [7, 11) is 0. The van der Waals surface area contributed by atoms with Crippen LogP contribution in [-0.2, 0) is 13.0 Å². The average molecular weight is 247 g/mol. The lowest BCUT2D eigenvalue weighted by molar-refractivity contribution is 0.626. The monoisotopic (exact) mass is 247 g/mol. The first-order valence-corrected chi connectivity index (χ1v) is 6.23. The molecule has 2 rings (SSSR count). The number of aromatic nitrogens is 2. The van der Waals surface area contributed by atoms with Gasteiger partial charge in [-0.3, -0.25) is 0 Å². The number of nitrogens with one attached hydrogen (secondary N) is 1. The molecule has 0 amide bonds. The van der Waals surface area contributed by atoms with E-state index in [1.165, 1.54) is 12.1 Å². The molecule has 0 unspecified atom stereocenters. The molecule has 1 aromatic heterocycles. The molecule has 1 heterocycles. The topological polar surface area (TPSA) is 29.9 Å². The van der Waals surface area contributed by atoms with Crippen LogP contribution in [0.5, 0.6) is 0 Å². The van der Waals surface area contributed by atoms with Gasteiger partial charge in [-0.1, -0.05) is 19.1 Å². The second kappa shape index (κ2) is 6.31. The minimum Gasteiger partial charge on any atom is -0.333 e. The van der Waals surface area contributed by atoms with E-state index in [9.17, 15) is 4.39 Å². The number of likely N-dealkylation sites (N-methyl/N-ethyl adjacent to an activating group) is 1. The average Bonchev–Trinajstić information content (AvgIpc) is 2.80. The number of imidazole rings is 1. The van der Waals surface area contributed by atoms with Crippen molar-refractivity contribution in [1.82, 2.24) is 14.9 Å². The molecule has 0 fully saturated rings. The molecule has 2 aromatic rings. The van der Waals surface area contributed by atoms with Crippen LogP contribution in [0.15, 0.2) is 36.8 Å². The fourth-order valence-corrected chi connectivity index (χ4v) is 1.82. The predicted molar refractivity (Wildman–Crippen MR) is 70.0 cm³/mol. The molecular weight excluding hydrogens is 229 g/mol. The molecule has 4 heteroatoms. The highest BCUT2D eigenvalue weighted by Crippen LogP contribution is 2.06. The molecule has 0 radical (unpaired) electrons. The Balaban J connectivity index is 1.91. The first kappa shape index (κ1) is 12.8. The van der Waals surface area contributed by atoms with E-state index in [2.05, 4.69) is 17.2 Å². The first-order valence-electron chi connectivity index (χ1n) is 6.23. The molecule has 3 nitrogen and oxygen atoms in total. The molecule has 0 aliphatic heterocycles.